The number of methoxy groups -OCH3 is 1. The van der Waals surface area contributed by atoms with Crippen LogP contribution in [0.2, 0.25) is 0 Å². The van der Waals surface area contributed by atoms with Gasteiger partial charge < -0.3 is 19.9 Å². The highest BCUT2D eigenvalue weighted by molar-refractivity contribution is 5.86. The van der Waals surface area contributed by atoms with Gasteiger partial charge in [-0.15, -0.1) is 0 Å². The van der Waals surface area contributed by atoms with E-state index in [1.54, 1.807) is 14.0 Å². The van der Waals surface area contributed by atoms with E-state index >= 15 is 0 Å². The molecule has 1 amide bonds. The summed E-state index contributed by atoms with van der Waals surface area (Å²) < 4.78 is 24.3. The Balaban J connectivity index is 2.00. The second kappa shape index (κ2) is 11.1. The Hall–Kier alpha value is -3.15. The van der Waals surface area contributed by atoms with Gasteiger partial charge in [0, 0.05) is 12.6 Å². The number of nitriles is 1. The molecule has 0 saturated heterocycles. The van der Waals surface area contributed by atoms with Gasteiger partial charge in [-0.2, -0.15) is 5.26 Å². The van der Waals surface area contributed by atoms with Crippen LogP contribution < -0.4 is 15.4 Å². The van der Waals surface area contributed by atoms with E-state index in [1.807, 2.05) is 37.3 Å². The lowest BCUT2D eigenvalue weighted by Crippen LogP contribution is -2.32. The summed E-state index contributed by atoms with van der Waals surface area (Å²) >= 11 is 0. The van der Waals surface area contributed by atoms with E-state index in [0.717, 1.165) is 23.8 Å². The number of hydrogen-bond acceptors (Lipinski definition) is 6. The van der Waals surface area contributed by atoms with Crippen molar-refractivity contribution in [2.24, 2.45) is 0 Å². The SMILES string of the molecule is CCOC(=O)Nc1c(F)cc(C(O)CNC(C)Cc2ccc(OC)cc2)cc1C#N. The third-order valence-electron chi connectivity index (χ3n) is 4.48. The molecule has 8 heteroatoms. The molecular formula is C22H26FN3O4. The number of ether oxygens (including phenoxy) is 2. The van der Waals surface area contributed by atoms with Crippen molar-refractivity contribution in [2.75, 3.05) is 25.6 Å². The molecule has 2 unspecified atom stereocenters. The molecule has 0 saturated carbocycles. The Labute approximate surface area is 175 Å². The fraction of sp³-hybridized carbons (Fsp3) is 0.364. The highest BCUT2D eigenvalue weighted by Gasteiger charge is 2.18. The van der Waals surface area contributed by atoms with Gasteiger partial charge in [0.25, 0.3) is 0 Å². The number of nitrogens with zero attached hydrogens (tertiary/aromatic N) is 1. The molecule has 2 atom stereocenters. The van der Waals surface area contributed by atoms with Crippen molar-refractivity contribution < 1.29 is 23.8 Å². The number of aliphatic hydroxyl groups excluding tert-OH is 1. The third-order valence-corrected chi connectivity index (χ3v) is 4.48. The number of rotatable bonds is 9. The molecule has 0 spiro atoms. The molecule has 0 aliphatic rings. The van der Waals surface area contributed by atoms with Crippen LogP contribution in [0.1, 0.15) is 36.6 Å². The number of carbonyl (C=O) groups is 1. The lowest BCUT2D eigenvalue weighted by atomic mass is 10.0. The van der Waals surface area contributed by atoms with Gasteiger partial charge in [0.1, 0.15) is 17.6 Å². The van der Waals surface area contributed by atoms with Gasteiger partial charge in [-0.25, -0.2) is 9.18 Å². The second-order valence-electron chi connectivity index (χ2n) is 6.76. The number of anilines is 1. The lowest BCUT2D eigenvalue weighted by Gasteiger charge is -2.19. The Kier molecular flexibility index (Phi) is 8.59. The highest BCUT2D eigenvalue weighted by Crippen LogP contribution is 2.25. The van der Waals surface area contributed by atoms with Crippen LogP contribution in [0, 0.1) is 17.1 Å². The van der Waals surface area contributed by atoms with Gasteiger partial charge >= 0.3 is 6.09 Å². The van der Waals surface area contributed by atoms with Gasteiger partial charge in [0.05, 0.1) is 31.1 Å². The molecule has 0 aliphatic carbocycles. The lowest BCUT2D eigenvalue weighted by molar-refractivity contribution is 0.167. The zero-order chi connectivity index (χ0) is 22.1. The van der Waals surface area contributed by atoms with Crippen LogP contribution in [0.15, 0.2) is 36.4 Å². The molecule has 0 fully saturated rings. The minimum Gasteiger partial charge on any atom is -0.497 e. The van der Waals surface area contributed by atoms with Gasteiger partial charge in [-0.3, -0.25) is 5.32 Å². The normalized spacial score (nSPS) is 12.5. The first-order valence-corrected chi connectivity index (χ1v) is 9.59. The Morgan fingerprint density at radius 2 is 2.00 bits per heavy atom. The average Bonchev–Trinajstić information content (AvgIpc) is 2.74. The number of nitrogens with one attached hydrogen (secondary N) is 2. The minimum absolute atomic E-state index is 0.0538. The van der Waals surface area contributed by atoms with Gasteiger partial charge in [0.2, 0.25) is 0 Å². The summed E-state index contributed by atoms with van der Waals surface area (Å²) in [5.41, 5.74) is 0.983. The number of amides is 1. The molecule has 0 aromatic heterocycles. The smallest absolute Gasteiger partial charge is 0.411 e. The van der Waals surface area contributed by atoms with Crippen molar-refractivity contribution in [3.8, 4) is 11.8 Å². The maximum Gasteiger partial charge on any atom is 0.411 e. The molecule has 7 nitrogen and oxygen atoms in total. The van der Waals surface area contributed by atoms with E-state index < -0.39 is 18.0 Å². The second-order valence-corrected chi connectivity index (χ2v) is 6.76. The van der Waals surface area contributed by atoms with E-state index in [-0.39, 0.29) is 36.0 Å². The fourth-order valence-corrected chi connectivity index (χ4v) is 2.92. The molecule has 0 bridgehead atoms. The van der Waals surface area contributed by atoms with Crippen LogP contribution in [-0.4, -0.2) is 37.5 Å². The zero-order valence-electron chi connectivity index (χ0n) is 17.2. The summed E-state index contributed by atoms with van der Waals surface area (Å²) in [4.78, 5) is 11.5. The van der Waals surface area contributed by atoms with Gasteiger partial charge in [-0.1, -0.05) is 12.1 Å². The molecular weight excluding hydrogens is 389 g/mol. The Morgan fingerprint density at radius 1 is 1.30 bits per heavy atom. The Bertz CT molecular complexity index is 896. The summed E-state index contributed by atoms with van der Waals surface area (Å²) in [5.74, 6) is -0.0339. The van der Waals surface area contributed by atoms with Crippen molar-refractivity contribution in [3.63, 3.8) is 0 Å². The molecule has 30 heavy (non-hydrogen) atoms. The largest absolute Gasteiger partial charge is 0.497 e. The van der Waals surface area contributed by atoms with Crippen molar-refractivity contribution >= 4 is 11.8 Å². The molecule has 2 aromatic rings. The first-order valence-electron chi connectivity index (χ1n) is 9.59. The zero-order valence-corrected chi connectivity index (χ0v) is 17.2. The van der Waals surface area contributed by atoms with E-state index in [9.17, 15) is 19.6 Å². The number of carbonyl (C=O) groups excluding carboxylic acids is 1. The van der Waals surface area contributed by atoms with E-state index in [4.69, 9.17) is 9.47 Å². The molecule has 160 valence electrons. The molecule has 0 heterocycles. The minimum atomic E-state index is -1.03. The van der Waals surface area contributed by atoms with Crippen molar-refractivity contribution in [3.05, 3.63) is 58.9 Å². The van der Waals surface area contributed by atoms with Gasteiger partial charge in [-0.05, 0) is 55.7 Å². The van der Waals surface area contributed by atoms with Crippen molar-refractivity contribution in [1.82, 2.24) is 5.32 Å². The third kappa shape index (κ3) is 6.44. The predicted molar refractivity (Wildman–Crippen MR) is 111 cm³/mol. The fourth-order valence-electron chi connectivity index (χ4n) is 2.92. The van der Waals surface area contributed by atoms with Crippen LogP contribution in [0.25, 0.3) is 0 Å². The Morgan fingerprint density at radius 3 is 2.60 bits per heavy atom. The summed E-state index contributed by atoms with van der Waals surface area (Å²) in [6.07, 6.45) is -1.14. The summed E-state index contributed by atoms with van der Waals surface area (Å²) in [6, 6.07) is 12.0. The van der Waals surface area contributed by atoms with Gasteiger partial charge in [0.15, 0.2) is 0 Å². The molecule has 2 aromatic carbocycles. The quantitative estimate of drug-likeness (QED) is 0.579. The van der Waals surface area contributed by atoms with E-state index in [1.165, 1.54) is 6.07 Å². The highest BCUT2D eigenvalue weighted by atomic mass is 19.1. The van der Waals surface area contributed by atoms with Crippen LogP contribution in [0.4, 0.5) is 14.9 Å². The van der Waals surface area contributed by atoms with Crippen LogP contribution in [0.5, 0.6) is 5.75 Å². The topological polar surface area (TPSA) is 104 Å². The van der Waals surface area contributed by atoms with Crippen molar-refractivity contribution in [1.29, 1.82) is 5.26 Å². The average molecular weight is 415 g/mol. The van der Waals surface area contributed by atoms with E-state index in [0.29, 0.717) is 0 Å². The van der Waals surface area contributed by atoms with Crippen LogP contribution >= 0.6 is 0 Å². The van der Waals surface area contributed by atoms with E-state index in [2.05, 4.69) is 10.6 Å². The maximum atomic E-state index is 14.4. The standard InChI is InChI=1S/C22H26FN3O4/c1-4-30-22(28)26-21-17(12-24)10-16(11-19(21)23)20(27)13-25-14(2)9-15-5-7-18(29-3)8-6-15/h5-8,10-11,14,20,25,27H,4,9,13H2,1-3H3,(H,26,28). The number of aliphatic hydroxyl groups is 1. The summed E-state index contributed by atoms with van der Waals surface area (Å²) in [7, 11) is 1.61. The van der Waals surface area contributed by atoms with Crippen LogP contribution in [-0.2, 0) is 11.2 Å². The summed E-state index contributed by atoms with van der Waals surface area (Å²) in [5, 5.41) is 25.2. The number of benzene rings is 2. The van der Waals surface area contributed by atoms with Crippen molar-refractivity contribution in [2.45, 2.75) is 32.4 Å². The monoisotopic (exact) mass is 415 g/mol. The number of halogens is 1. The molecule has 3 N–H and O–H groups in total. The molecule has 2 rings (SSSR count). The summed E-state index contributed by atoms with van der Waals surface area (Å²) in [6.45, 7) is 3.88. The first-order chi connectivity index (χ1) is 14.4. The maximum absolute atomic E-state index is 14.4. The predicted octanol–water partition coefficient (Wildman–Crippen LogP) is 3.53. The molecule has 0 radical (unpaired) electrons. The van der Waals surface area contributed by atoms with Crippen LogP contribution in [0.3, 0.4) is 0 Å². The number of hydrogen-bond donors (Lipinski definition) is 3. The molecule has 0 aliphatic heterocycles. The first kappa shape index (κ1) is 23.1.